The van der Waals surface area contributed by atoms with Gasteiger partial charge in [0.25, 0.3) is 0 Å². The molecule has 0 saturated carbocycles. The monoisotopic (exact) mass is 245 g/mol. The minimum atomic E-state index is 0.551. The second-order valence-corrected chi connectivity index (χ2v) is 5.05. The van der Waals surface area contributed by atoms with Crippen molar-refractivity contribution in [1.82, 2.24) is 24.0 Å². The lowest BCUT2D eigenvalue weighted by Crippen LogP contribution is -2.31. The first-order chi connectivity index (χ1) is 8.75. The molecule has 1 saturated heterocycles. The minimum Gasteiger partial charge on any atom is -0.331 e. The number of piperidine rings is 1. The molecular formula is C13H19N5. The molecular weight excluding hydrogens is 226 g/mol. The van der Waals surface area contributed by atoms with Gasteiger partial charge in [-0.25, -0.2) is 9.97 Å². The second-order valence-electron chi connectivity index (χ2n) is 5.05. The van der Waals surface area contributed by atoms with E-state index in [0.29, 0.717) is 6.04 Å². The van der Waals surface area contributed by atoms with Gasteiger partial charge in [-0.3, -0.25) is 0 Å². The Morgan fingerprint density at radius 2 is 1.67 bits per heavy atom. The van der Waals surface area contributed by atoms with Gasteiger partial charge in [0.15, 0.2) is 11.6 Å². The molecule has 1 aliphatic heterocycles. The molecule has 2 aromatic rings. The van der Waals surface area contributed by atoms with Crippen LogP contribution < -0.4 is 0 Å². The summed E-state index contributed by atoms with van der Waals surface area (Å²) in [6.07, 6.45) is 10.1. The predicted octanol–water partition coefficient (Wildman–Crippen LogP) is 1.55. The van der Waals surface area contributed by atoms with Gasteiger partial charge in [-0.1, -0.05) is 0 Å². The molecule has 0 spiro atoms. The highest BCUT2D eigenvalue weighted by molar-refractivity contribution is 5.44. The van der Waals surface area contributed by atoms with Crippen LogP contribution in [0.5, 0.6) is 0 Å². The summed E-state index contributed by atoms with van der Waals surface area (Å²) >= 11 is 0. The largest absolute Gasteiger partial charge is 0.331 e. The van der Waals surface area contributed by atoms with E-state index in [0.717, 1.165) is 24.7 Å². The molecule has 5 heteroatoms. The molecule has 0 amide bonds. The summed E-state index contributed by atoms with van der Waals surface area (Å²) in [6.45, 7) is 2.31. The van der Waals surface area contributed by atoms with E-state index in [4.69, 9.17) is 0 Å². The lowest BCUT2D eigenvalue weighted by molar-refractivity contribution is 0.222. The summed E-state index contributed by atoms with van der Waals surface area (Å²) in [7, 11) is 4.19. The van der Waals surface area contributed by atoms with E-state index in [1.165, 1.54) is 12.8 Å². The molecule has 0 unspecified atom stereocenters. The number of rotatable bonds is 2. The van der Waals surface area contributed by atoms with E-state index in [2.05, 4.69) is 32.7 Å². The van der Waals surface area contributed by atoms with Crippen molar-refractivity contribution in [2.75, 3.05) is 20.1 Å². The number of nitrogens with zero attached hydrogens (tertiary/aromatic N) is 5. The zero-order valence-electron chi connectivity index (χ0n) is 11.0. The van der Waals surface area contributed by atoms with Gasteiger partial charge < -0.3 is 14.0 Å². The SMILES string of the molecule is CN1CCC(n2ccnc2-c2nccn2C)CC1. The summed E-state index contributed by atoms with van der Waals surface area (Å²) in [5.41, 5.74) is 0. The Labute approximate surface area is 107 Å². The Morgan fingerprint density at radius 3 is 2.33 bits per heavy atom. The molecule has 0 radical (unpaired) electrons. The van der Waals surface area contributed by atoms with Crippen molar-refractivity contribution in [2.24, 2.45) is 7.05 Å². The van der Waals surface area contributed by atoms with Crippen LogP contribution in [0.2, 0.25) is 0 Å². The van der Waals surface area contributed by atoms with E-state index in [-0.39, 0.29) is 0 Å². The zero-order chi connectivity index (χ0) is 12.5. The van der Waals surface area contributed by atoms with Gasteiger partial charge in [-0.2, -0.15) is 0 Å². The van der Waals surface area contributed by atoms with Gasteiger partial charge in [0.2, 0.25) is 0 Å². The fourth-order valence-corrected chi connectivity index (χ4v) is 2.64. The highest BCUT2D eigenvalue weighted by Gasteiger charge is 2.21. The van der Waals surface area contributed by atoms with Crippen LogP contribution in [0.15, 0.2) is 24.8 Å². The van der Waals surface area contributed by atoms with E-state index in [1.54, 1.807) is 0 Å². The van der Waals surface area contributed by atoms with E-state index in [9.17, 15) is 0 Å². The Balaban J connectivity index is 1.90. The summed E-state index contributed by atoms with van der Waals surface area (Å²) in [4.78, 5) is 11.3. The molecule has 0 N–H and O–H groups in total. The van der Waals surface area contributed by atoms with Gasteiger partial charge in [0.05, 0.1) is 0 Å². The van der Waals surface area contributed by atoms with Crippen LogP contribution in [-0.2, 0) is 7.05 Å². The average molecular weight is 245 g/mol. The number of likely N-dealkylation sites (tertiary alicyclic amines) is 1. The molecule has 18 heavy (non-hydrogen) atoms. The third-order valence-corrected chi connectivity index (χ3v) is 3.77. The van der Waals surface area contributed by atoms with Crippen molar-refractivity contribution in [1.29, 1.82) is 0 Å². The fraction of sp³-hybridized carbons (Fsp3) is 0.538. The zero-order valence-corrected chi connectivity index (χ0v) is 11.0. The second kappa shape index (κ2) is 4.57. The molecule has 5 nitrogen and oxygen atoms in total. The Hall–Kier alpha value is -1.62. The molecule has 3 heterocycles. The lowest BCUT2D eigenvalue weighted by atomic mass is 10.1. The highest BCUT2D eigenvalue weighted by atomic mass is 15.2. The Kier molecular flexibility index (Phi) is 2.91. The van der Waals surface area contributed by atoms with Crippen LogP contribution in [0, 0.1) is 0 Å². The van der Waals surface area contributed by atoms with Crippen molar-refractivity contribution in [2.45, 2.75) is 18.9 Å². The molecule has 3 rings (SSSR count). The molecule has 96 valence electrons. The van der Waals surface area contributed by atoms with Crippen LogP contribution in [0.1, 0.15) is 18.9 Å². The van der Waals surface area contributed by atoms with Crippen molar-refractivity contribution < 1.29 is 0 Å². The number of hydrogen-bond donors (Lipinski definition) is 0. The smallest absolute Gasteiger partial charge is 0.176 e. The van der Waals surface area contributed by atoms with Gasteiger partial charge in [-0.05, 0) is 33.0 Å². The molecule has 2 aromatic heterocycles. The van der Waals surface area contributed by atoms with Gasteiger partial charge in [0.1, 0.15) is 0 Å². The maximum absolute atomic E-state index is 4.48. The van der Waals surface area contributed by atoms with E-state index < -0.39 is 0 Å². The number of aromatic nitrogens is 4. The third-order valence-electron chi connectivity index (χ3n) is 3.77. The van der Waals surface area contributed by atoms with Crippen LogP contribution >= 0.6 is 0 Å². The van der Waals surface area contributed by atoms with Crippen LogP contribution in [0.4, 0.5) is 0 Å². The van der Waals surface area contributed by atoms with Crippen molar-refractivity contribution in [3.05, 3.63) is 24.8 Å². The number of imidazole rings is 2. The average Bonchev–Trinajstić information content (AvgIpc) is 2.98. The van der Waals surface area contributed by atoms with Crippen LogP contribution in [-0.4, -0.2) is 44.1 Å². The maximum atomic E-state index is 4.48. The summed E-state index contributed by atoms with van der Waals surface area (Å²) in [5, 5.41) is 0. The lowest BCUT2D eigenvalue weighted by Gasteiger charge is -2.30. The maximum Gasteiger partial charge on any atom is 0.176 e. The molecule has 0 aliphatic carbocycles. The molecule has 1 fully saturated rings. The Bertz CT molecular complexity index is 519. The standard InChI is InChI=1S/C13H19N5/c1-16-7-3-11(4-8-16)18-10-6-15-13(18)12-14-5-9-17(12)2/h5-6,9-11H,3-4,7-8H2,1-2H3. The fourth-order valence-electron chi connectivity index (χ4n) is 2.64. The normalized spacial score (nSPS) is 18.3. The first-order valence-corrected chi connectivity index (χ1v) is 6.45. The minimum absolute atomic E-state index is 0.551. The molecule has 0 atom stereocenters. The van der Waals surface area contributed by atoms with Gasteiger partial charge in [0, 0.05) is 37.9 Å². The van der Waals surface area contributed by atoms with E-state index in [1.807, 2.05) is 30.2 Å². The van der Waals surface area contributed by atoms with Crippen molar-refractivity contribution >= 4 is 0 Å². The molecule has 1 aliphatic rings. The van der Waals surface area contributed by atoms with Crippen molar-refractivity contribution in [3.8, 4) is 11.6 Å². The number of hydrogen-bond acceptors (Lipinski definition) is 3. The molecule has 0 aromatic carbocycles. The quantitative estimate of drug-likeness (QED) is 0.806. The summed E-state index contributed by atoms with van der Waals surface area (Å²) in [6, 6.07) is 0.551. The Morgan fingerprint density at radius 1 is 1.00 bits per heavy atom. The third kappa shape index (κ3) is 1.95. The summed E-state index contributed by atoms with van der Waals surface area (Å²) < 4.78 is 4.31. The van der Waals surface area contributed by atoms with Crippen LogP contribution in [0.3, 0.4) is 0 Å². The highest BCUT2D eigenvalue weighted by Crippen LogP contribution is 2.26. The van der Waals surface area contributed by atoms with Gasteiger partial charge >= 0.3 is 0 Å². The first-order valence-electron chi connectivity index (χ1n) is 6.45. The van der Waals surface area contributed by atoms with Crippen molar-refractivity contribution in [3.63, 3.8) is 0 Å². The van der Waals surface area contributed by atoms with E-state index >= 15 is 0 Å². The molecule has 0 bridgehead atoms. The summed E-state index contributed by atoms with van der Waals surface area (Å²) in [5.74, 6) is 1.93. The topological polar surface area (TPSA) is 38.9 Å². The first kappa shape index (κ1) is 11.5. The number of aryl methyl sites for hydroxylation is 1. The van der Waals surface area contributed by atoms with Gasteiger partial charge in [-0.15, -0.1) is 0 Å². The van der Waals surface area contributed by atoms with Crippen LogP contribution in [0.25, 0.3) is 11.6 Å². The predicted molar refractivity (Wildman–Crippen MR) is 70.2 cm³/mol.